The van der Waals surface area contributed by atoms with Crippen LogP contribution in [-0.4, -0.2) is 26.2 Å². The van der Waals surface area contributed by atoms with Crippen LogP contribution in [0.5, 0.6) is 0 Å². The zero-order valence-electron chi connectivity index (χ0n) is 14.0. The van der Waals surface area contributed by atoms with Gasteiger partial charge in [0.1, 0.15) is 0 Å². The van der Waals surface area contributed by atoms with E-state index in [2.05, 4.69) is 0 Å². The second kappa shape index (κ2) is 7.36. The molecule has 3 rings (SSSR count). The van der Waals surface area contributed by atoms with E-state index in [4.69, 9.17) is 32.7 Å². The number of ether oxygens (including phenoxy) is 2. The van der Waals surface area contributed by atoms with Crippen LogP contribution < -0.4 is 0 Å². The van der Waals surface area contributed by atoms with Crippen LogP contribution in [0.4, 0.5) is 0 Å². The molecule has 6 heteroatoms. The fourth-order valence-electron chi connectivity index (χ4n) is 2.87. The summed E-state index contributed by atoms with van der Waals surface area (Å²) in [4.78, 5) is 24.9. The first-order chi connectivity index (χ1) is 12.5. The van der Waals surface area contributed by atoms with Crippen molar-refractivity contribution in [2.24, 2.45) is 0 Å². The highest BCUT2D eigenvalue weighted by Crippen LogP contribution is 2.37. The molecule has 0 N–H and O–H groups in total. The zero-order chi connectivity index (χ0) is 18.8. The van der Waals surface area contributed by atoms with Gasteiger partial charge in [-0.2, -0.15) is 0 Å². The summed E-state index contributed by atoms with van der Waals surface area (Å²) < 4.78 is 9.79. The third-order valence-corrected chi connectivity index (χ3v) is 4.52. The second-order valence-electron chi connectivity index (χ2n) is 5.53. The highest BCUT2D eigenvalue weighted by atomic mass is 35.5. The maximum absolute atomic E-state index is 12.6. The first-order valence-electron chi connectivity index (χ1n) is 7.65. The van der Waals surface area contributed by atoms with Crippen molar-refractivity contribution >= 4 is 45.9 Å². The molecule has 3 aromatic carbocycles. The molecule has 0 amide bonds. The molecule has 26 heavy (non-hydrogen) atoms. The lowest BCUT2D eigenvalue weighted by Gasteiger charge is -2.16. The normalized spacial score (nSPS) is 10.6. The third kappa shape index (κ3) is 3.26. The van der Waals surface area contributed by atoms with Gasteiger partial charge in [-0.25, -0.2) is 9.59 Å². The topological polar surface area (TPSA) is 52.6 Å². The molecule has 0 aliphatic rings. The van der Waals surface area contributed by atoms with Crippen LogP contribution in [-0.2, 0) is 9.47 Å². The van der Waals surface area contributed by atoms with Crippen molar-refractivity contribution in [3.8, 4) is 11.1 Å². The molecule has 0 saturated carbocycles. The maximum atomic E-state index is 12.6. The average molecular weight is 389 g/mol. The summed E-state index contributed by atoms with van der Waals surface area (Å²) >= 11 is 12.2. The van der Waals surface area contributed by atoms with Crippen LogP contribution in [0.1, 0.15) is 20.7 Å². The Morgan fingerprint density at radius 2 is 1.42 bits per heavy atom. The number of carbonyl (C=O) groups excluding carboxylic acids is 2. The van der Waals surface area contributed by atoms with E-state index in [1.807, 2.05) is 0 Å². The monoisotopic (exact) mass is 388 g/mol. The van der Waals surface area contributed by atoms with Crippen LogP contribution in [0, 0.1) is 0 Å². The number of carbonyl (C=O) groups is 2. The molecule has 0 spiro atoms. The number of esters is 2. The van der Waals surface area contributed by atoms with E-state index in [0.29, 0.717) is 26.6 Å². The number of hydrogen-bond acceptors (Lipinski definition) is 4. The summed E-state index contributed by atoms with van der Waals surface area (Å²) in [5.41, 5.74) is 1.48. The lowest BCUT2D eigenvalue weighted by atomic mass is 9.89. The molecule has 0 bridgehead atoms. The highest BCUT2D eigenvalue weighted by molar-refractivity contribution is 6.32. The van der Waals surface area contributed by atoms with E-state index >= 15 is 0 Å². The van der Waals surface area contributed by atoms with Crippen LogP contribution >= 0.6 is 23.2 Å². The largest absolute Gasteiger partial charge is 0.465 e. The first-order valence-corrected chi connectivity index (χ1v) is 8.40. The first kappa shape index (κ1) is 18.2. The van der Waals surface area contributed by atoms with Gasteiger partial charge in [-0.05, 0) is 46.7 Å². The summed E-state index contributed by atoms with van der Waals surface area (Å²) in [7, 11) is 2.52. The molecule has 132 valence electrons. The Balaban J connectivity index is 2.50. The standard InChI is InChI=1S/C20H14Cl2O4/c1-25-19(23)16-9-12-5-8-14(22)10-15(12)17(18(16)20(24)26-2)11-3-6-13(21)7-4-11/h3-10H,1-2H3. The van der Waals surface area contributed by atoms with Gasteiger partial charge in [-0.1, -0.05) is 41.4 Å². The average Bonchev–Trinajstić information content (AvgIpc) is 2.66. The molecule has 0 unspecified atom stereocenters. The molecule has 0 aliphatic carbocycles. The number of hydrogen-bond donors (Lipinski definition) is 0. The maximum Gasteiger partial charge on any atom is 0.339 e. The molecule has 4 nitrogen and oxygen atoms in total. The lowest BCUT2D eigenvalue weighted by molar-refractivity contribution is 0.0556. The van der Waals surface area contributed by atoms with Crippen molar-refractivity contribution in [2.45, 2.75) is 0 Å². The summed E-state index contributed by atoms with van der Waals surface area (Å²) in [5, 5.41) is 2.52. The van der Waals surface area contributed by atoms with Gasteiger partial charge in [-0.3, -0.25) is 0 Å². The predicted molar refractivity (Wildman–Crippen MR) is 102 cm³/mol. The minimum Gasteiger partial charge on any atom is -0.465 e. The number of halogens is 2. The fourth-order valence-corrected chi connectivity index (χ4v) is 3.17. The highest BCUT2D eigenvalue weighted by Gasteiger charge is 2.26. The van der Waals surface area contributed by atoms with Gasteiger partial charge in [0, 0.05) is 15.6 Å². The Bertz CT molecular complexity index is 1010. The van der Waals surface area contributed by atoms with E-state index in [1.165, 1.54) is 14.2 Å². The molecule has 0 aliphatic heterocycles. The molecule has 0 radical (unpaired) electrons. The molecule has 0 heterocycles. The number of rotatable bonds is 3. The quantitative estimate of drug-likeness (QED) is 0.564. The molecule has 0 atom stereocenters. The number of methoxy groups -OCH3 is 2. The Labute approximate surface area is 160 Å². The Morgan fingerprint density at radius 3 is 2.04 bits per heavy atom. The summed E-state index contributed by atoms with van der Waals surface area (Å²) in [6.07, 6.45) is 0. The van der Waals surface area contributed by atoms with E-state index in [0.717, 1.165) is 5.39 Å². The van der Waals surface area contributed by atoms with Gasteiger partial charge in [0.15, 0.2) is 0 Å². The van der Waals surface area contributed by atoms with Gasteiger partial charge >= 0.3 is 11.9 Å². The fraction of sp³-hybridized carbons (Fsp3) is 0.100. The molecular weight excluding hydrogens is 375 g/mol. The smallest absolute Gasteiger partial charge is 0.339 e. The van der Waals surface area contributed by atoms with Crippen molar-refractivity contribution in [1.29, 1.82) is 0 Å². The van der Waals surface area contributed by atoms with Crippen LogP contribution in [0.3, 0.4) is 0 Å². The van der Waals surface area contributed by atoms with Crippen molar-refractivity contribution in [1.82, 2.24) is 0 Å². The summed E-state index contributed by atoms with van der Waals surface area (Å²) in [5.74, 6) is -1.27. The Hall–Kier alpha value is -2.56. The second-order valence-corrected chi connectivity index (χ2v) is 6.40. The Morgan fingerprint density at radius 1 is 0.808 bits per heavy atom. The van der Waals surface area contributed by atoms with Crippen LogP contribution in [0.15, 0.2) is 48.5 Å². The van der Waals surface area contributed by atoms with E-state index in [1.54, 1.807) is 48.5 Å². The van der Waals surface area contributed by atoms with E-state index in [-0.39, 0.29) is 11.1 Å². The Kier molecular flexibility index (Phi) is 5.16. The molecule has 0 saturated heterocycles. The minimum absolute atomic E-state index is 0.122. The SMILES string of the molecule is COC(=O)c1cc2ccc(Cl)cc2c(-c2ccc(Cl)cc2)c1C(=O)OC. The minimum atomic E-state index is -0.641. The van der Waals surface area contributed by atoms with Gasteiger partial charge in [0.25, 0.3) is 0 Å². The van der Waals surface area contributed by atoms with Crippen molar-refractivity contribution in [2.75, 3.05) is 14.2 Å². The predicted octanol–water partition coefficient (Wildman–Crippen LogP) is 5.39. The van der Waals surface area contributed by atoms with E-state index in [9.17, 15) is 9.59 Å². The number of benzene rings is 3. The summed E-state index contributed by atoms with van der Waals surface area (Å²) in [6, 6.07) is 13.8. The van der Waals surface area contributed by atoms with Crippen molar-refractivity contribution < 1.29 is 19.1 Å². The lowest BCUT2D eigenvalue weighted by Crippen LogP contribution is -2.14. The van der Waals surface area contributed by atoms with Gasteiger partial charge in [0.2, 0.25) is 0 Å². The number of fused-ring (bicyclic) bond motifs is 1. The van der Waals surface area contributed by atoms with E-state index < -0.39 is 11.9 Å². The molecule has 3 aromatic rings. The van der Waals surface area contributed by atoms with Crippen LogP contribution in [0.25, 0.3) is 21.9 Å². The summed E-state index contributed by atoms with van der Waals surface area (Å²) in [6.45, 7) is 0. The molecule has 0 aromatic heterocycles. The van der Waals surface area contributed by atoms with Crippen molar-refractivity contribution in [3.05, 3.63) is 69.7 Å². The molecular formula is C20H14Cl2O4. The van der Waals surface area contributed by atoms with Crippen LogP contribution in [0.2, 0.25) is 10.0 Å². The third-order valence-electron chi connectivity index (χ3n) is 4.03. The van der Waals surface area contributed by atoms with Gasteiger partial charge < -0.3 is 9.47 Å². The van der Waals surface area contributed by atoms with Gasteiger partial charge in [-0.15, -0.1) is 0 Å². The van der Waals surface area contributed by atoms with Gasteiger partial charge in [0.05, 0.1) is 25.3 Å². The van der Waals surface area contributed by atoms with Crippen molar-refractivity contribution in [3.63, 3.8) is 0 Å². The zero-order valence-corrected chi connectivity index (χ0v) is 15.5. The molecule has 0 fully saturated rings.